The van der Waals surface area contributed by atoms with Crippen molar-refractivity contribution in [1.82, 2.24) is 14.9 Å². The van der Waals surface area contributed by atoms with Crippen LogP contribution in [0.3, 0.4) is 0 Å². The zero-order valence-corrected chi connectivity index (χ0v) is 17.4. The molecule has 0 saturated heterocycles. The molecular formula is C20H28N4O3S. The van der Waals surface area contributed by atoms with Gasteiger partial charge in [0.15, 0.2) is 5.16 Å². The number of carbonyl (C=O) groups excluding carboxylic acids is 2. The van der Waals surface area contributed by atoms with Gasteiger partial charge in [0.1, 0.15) is 6.54 Å². The Labute approximate surface area is 169 Å². The molecule has 1 aromatic heterocycles. The van der Waals surface area contributed by atoms with E-state index in [0.717, 1.165) is 17.7 Å². The zero-order chi connectivity index (χ0) is 20.5. The van der Waals surface area contributed by atoms with Gasteiger partial charge in [0.2, 0.25) is 11.8 Å². The van der Waals surface area contributed by atoms with Gasteiger partial charge in [-0.05, 0) is 31.4 Å². The van der Waals surface area contributed by atoms with Crippen LogP contribution in [0.1, 0.15) is 31.5 Å². The summed E-state index contributed by atoms with van der Waals surface area (Å²) in [5.41, 5.74) is 2.40. The molecule has 1 aromatic carbocycles. The average Bonchev–Trinajstić information content (AvgIpc) is 3.03. The number of aliphatic hydroxyl groups excluding tert-OH is 1. The molecule has 7 nitrogen and oxygen atoms in total. The summed E-state index contributed by atoms with van der Waals surface area (Å²) in [6, 6.07) is 7.57. The van der Waals surface area contributed by atoms with Gasteiger partial charge in [0.05, 0.1) is 24.3 Å². The van der Waals surface area contributed by atoms with E-state index in [1.54, 1.807) is 4.57 Å². The predicted molar refractivity (Wildman–Crippen MR) is 111 cm³/mol. The fourth-order valence-electron chi connectivity index (χ4n) is 2.47. The van der Waals surface area contributed by atoms with E-state index in [0.29, 0.717) is 23.3 Å². The molecule has 0 bridgehead atoms. The number of thioether (sulfide) groups is 1. The molecule has 0 saturated carbocycles. The molecule has 1 heterocycles. The molecule has 2 aromatic rings. The van der Waals surface area contributed by atoms with Crippen LogP contribution in [0.2, 0.25) is 0 Å². The van der Waals surface area contributed by atoms with E-state index in [9.17, 15) is 14.7 Å². The highest BCUT2D eigenvalue weighted by atomic mass is 32.2. The lowest BCUT2D eigenvalue weighted by atomic mass is 10.1. The van der Waals surface area contributed by atoms with Crippen LogP contribution in [0.4, 0.5) is 5.69 Å². The van der Waals surface area contributed by atoms with Crippen LogP contribution >= 0.6 is 11.8 Å². The third kappa shape index (κ3) is 7.01. The van der Waals surface area contributed by atoms with E-state index in [-0.39, 0.29) is 30.7 Å². The standard InChI is InChI=1S/C20H28N4O3S/c1-14(2)8-9-21-18(26)11-24-17(12-25)10-22-20(24)28-13-19(27)23-16-6-4-15(3)5-7-16/h4-7,10,14,25H,8-9,11-13H2,1-3H3,(H,21,26)(H,23,27). The Morgan fingerprint density at radius 3 is 2.57 bits per heavy atom. The van der Waals surface area contributed by atoms with Crippen LogP contribution in [-0.2, 0) is 22.7 Å². The second-order valence-corrected chi connectivity index (χ2v) is 7.95. The molecule has 28 heavy (non-hydrogen) atoms. The molecule has 0 atom stereocenters. The molecule has 0 aliphatic rings. The van der Waals surface area contributed by atoms with E-state index in [4.69, 9.17) is 0 Å². The van der Waals surface area contributed by atoms with E-state index in [1.807, 2.05) is 31.2 Å². The van der Waals surface area contributed by atoms with Crippen molar-refractivity contribution in [3.05, 3.63) is 41.7 Å². The summed E-state index contributed by atoms with van der Waals surface area (Å²) in [5, 5.41) is 15.7. The summed E-state index contributed by atoms with van der Waals surface area (Å²) in [6.07, 6.45) is 2.44. The highest BCUT2D eigenvalue weighted by molar-refractivity contribution is 7.99. The first kappa shape index (κ1) is 22.0. The number of imidazole rings is 1. The molecular weight excluding hydrogens is 376 g/mol. The lowest BCUT2D eigenvalue weighted by Crippen LogP contribution is -2.30. The second kappa shape index (κ2) is 10.9. The Bertz CT molecular complexity index is 787. The van der Waals surface area contributed by atoms with Crippen molar-refractivity contribution < 1.29 is 14.7 Å². The fraction of sp³-hybridized carbons (Fsp3) is 0.450. The highest BCUT2D eigenvalue weighted by Crippen LogP contribution is 2.19. The number of amides is 2. The van der Waals surface area contributed by atoms with Crippen molar-refractivity contribution in [3.63, 3.8) is 0 Å². The van der Waals surface area contributed by atoms with Gasteiger partial charge in [-0.1, -0.05) is 43.3 Å². The van der Waals surface area contributed by atoms with Gasteiger partial charge in [-0.3, -0.25) is 9.59 Å². The maximum atomic E-state index is 12.2. The highest BCUT2D eigenvalue weighted by Gasteiger charge is 2.15. The van der Waals surface area contributed by atoms with Crippen LogP contribution in [0.25, 0.3) is 0 Å². The van der Waals surface area contributed by atoms with Crippen LogP contribution in [0.15, 0.2) is 35.6 Å². The third-order valence-electron chi connectivity index (χ3n) is 4.08. The number of aliphatic hydroxyl groups is 1. The molecule has 0 radical (unpaired) electrons. The number of nitrogens with zero attached hydrogens (tertiary/aromatic N) is 2. The Hall–Kier alpha value is -2.32. The average molecular weight is 405 g/mol. The van der Waals surface area contributed by atoms with Crippen LogP contribution in [0, 0.1) is 12.8 Å². The molecule has 2 amide bonds. The number of aromatic nitrogens is 2. The van der Waals surface area contributed by atoms with Crippen LogP contribution in [-0.4, -0.2) is 38.8 Å². The summed E-state index contributed by atoms with van der Waals surface area (Å²) in [4.78, 5) is 28.6. The normalized spacial score (nSPS) is 10.9. The minimum absolute atomic E-state index is 0.0654. The molecule has 152 valence electrons. The lowest BCUT2D eigenvalue weighted by Gasteiger charge is -2.12. The van der Waals surface area contributed by atoms with E-state index in [1.165, 1.54) is 18.0 Å². The van der Waals surface area contributed by atoms with Gasteiger partial charge < -0.3 is 20.3 Å². The number of anilines is 1. The van der Waals surface area contributed by atoms with Gasteiger partial charge in [0, 0.05) is 12.2 Å². The summed E-state index contributed by atoms with van der Waals surface area (Å²) in [7, 11) is 0. The number of carbonyl (C=O) groups is 2. The monoisotopic (exact) mass is 404 g/mol. The Morgan fingerprint density at radius 1 is 1.21 bits per heavy atom. The van der Waals surface area contributed by atoms with Gasteiger partial charge in [-0.2, -0.15) is 0 Å². The number of rotatable bonds is 10. The number of hydrogen-bond donors (Lipinski definition) is 3. The predicted octanol–water partition coefficient (Wildman–Crippen LogP) is 2.58. The van der Waals surface area contributed by atoms with Crippen molar-refractivity contribution >= 4 is 29.3 Å². The van der Waals surface area contributed by atoms with E-state index in [2.05, 4.69) is 29.5 Å². The number of benzene rings is 1. The first-order valence-electron chi connectivity index (χ1n) is 9.30. The summed E-state index contributed by atoms with van der Waals surface area (Å²) >= 11 is 1.23. The molecule has 8 heteroatoms. The summed E-state index contributed by atoms with van der Waals surface area (Å²) in [5.74, 6) is 0.374. The van der Waals surface area contributed by atoms with Gasteiger partial charge >= 0.3 is 0 Å². The number of nitrogens with one attached hydrogen (secondary N) is 2. The van der Waals surface area contributed by atoms with Crippen LogP contribution < -0.4 is 10.6 Å². The van der Waals surface area contributed by atoms with Gasteiger partial charge in [0.25, 0.3) is 0 Å². The number of hydrogen-bond acceptors (Lipinski definition) is 5. The molecule has 0 aliphatic heterocycles. The largest absolute Gasteiger partial charge is 0.390 e. The Morgan fingerprint density at radius 2 is 1.93 bits per heavy atom. The quantitative estimate of drug-likeness (QED) is 0.529. The lowest BCUT2D eigenvalue weighted by molar-refractivity contribution is -0.121. The van der Waals surface area contributed by atoms with Crippen molar-refractivity contribution in [1.29, 1.82) is 0 Å². The molecule has 0 unspecified atom stereocenters. The molecule has 0 aliphatic carbocycles. The maximum Gasteiger partial charge on any atom is 0.240 e. The zero-order valence-electron chi connectivity index (χ0n) is 16.6. The van der Waals surface area contributed by atoms with Crippen molar-refractivity contribution in [2.75, 3.05) is 17.6 Å². The topological polar surface area (TPSA) is 96.2 Å². The molecule has 2 rings (SSSR count). The first-order chi connectivity index (χ1) is 13.4. The summed E-state index contributed by atoms with van der Waals surface area (Å²) in [6.45, 7) is 6.64. The molecule has 0 spiro atoms. The van der Waals surface area contributed by atoms with E-state index < -0.39 is 0 Å². The van der Waals surface area contributed by atoms with Crippen LogP contribution in [0.5, 0.6) is 0 Å². The third-order valence-corrected chi connectivity index (χ3v) is 5.07. The minimum atomic E-state index is -0.220. The summed E-state index contributed by atoms with van der Waals surface area (Å²) < 4.78 is 1.65. The number of aryl methyl sites for hydroxylation is 1. The first-order valence-corrected chi connectivity index (χ1v) is 10.3. The Kier molecular flexibility index (Phi) is 8.53. The molecule has 3 N–H and O–H groups in total. The second-order valence-electron chi connectivity index (χ2n) is 7.01. The van der Waals surface area contributed by atoms with Crippen molar-refractivity contribution in [2.45, 2.75) is 45.5 Å². The Balaban J connectivity index is 1.92. The molecule has 0 fully saturated rings. The fourth-order valence-corrected chi connectivity index (χ4v) is 3.26. The maximum absolute atomic E-state index is 12.2. The van der Waals surface area contributed by atoms with E-state index >= 15 is 0 Å². The van der Waals surface area contributed by atoms with Crippen molar-refractivity contribution in [2.24, 2.45) is 5.92 Å². The SMILES string of the molecule is Cc1ccc(NC(=O)CSc2ncc(CO)n2CC(=O)NCCC(C)C)cc1. The van der Waals surface area contributed by atoms with Gasteiger partial charge in [-0.15, -0.1) is 0 Å². The minimum Gasteiger partial charge on any atom is -0.390 e. The van der Waals surface area contributed by atoms with Gasteiger partial charge in [-0.25, -0.2) is 4.98 Å². The van der Waals surface area contributed by atoms with Crippen molar-refractivity contribution in [3.8, 4) is 0 Å². The smallest absolute Gasteiger partial charge is 0.240 e.